The van der Waals surface area contributed by atoms with E-state index in [9.17, 15) is 10.2 Å². The van der Waals surface area contributed by atoms with Crippen LogP contribution in [0.4, 0.5) is 0 Å². The molecule has 0 radical (unpaired) electrons. The minimum Gasteiger partial charge on any atom is -0.497 e. The van der Waals surface area contributed by atoms with Crippen LogP contribution >= 0.6 is 0 Å². The highest BCUT2D eigenvalue weighted by atomic mass is 16.5. The van der Waals surface area contributed by atoms with E-state index >= 15 is 0 Å². The molecule has 0 spiro atoms. The van der Waals surface area contributed by atoms with Crippen molar-refractivity contribution in [3.05, 3.63) is 102 Å². The van der Waals surface area contributed by atoms with Crippen LogP contribution in [0.3, 0.4) is 0 Å². The molecule has 0 saturated carbocycles. The molecule has 2 N–H and O–H groups in total. The Morgan fingerprint density at radius 3 is 1.58 bits per heavy atom. The lowest BCUT2D eigenvalue weighted by molar-refractivity contribution is 0.00998. The number of hydrogen-bond acceptors (Lipinski definition) is 3. The Morgan fingerprint density at radius 2 is 1.15 bits per heavy atom. The van der Waals surface area contributed by atoms with E-state index in [-0.39, 0.29) is 5.92 Å². The Morgan fingerprint density at radius 1 is 0.692 bits per heavy atom. The van der Waals surface area contributed by atoms with Gasteiger partial charge in [-0.2, -0.15) is 0 Å². The van der Waals surface area contributed by atoms with E-state index in [1.165, 1.54) is 0 Å². The van der Waals surface area contributed by atoms with Crippen LogP contribution in [0.2, 0.25) is 0 Å². The number of aliphatic hydroxyl groups excluding tert-OH is 2. The maximum atomic E-state index is 11.0. The standard InChI is InChI=1S/C23H24O3/c1-26-20-14-12-17(13-15-20)16-21(22(24)18-8-4-2-5-9-18)23(25)19-10-6-3-7-11-19/h2-15,21-25H,16H2,1H3/t22-,23-/m1/s1. The summed E-state index contributed by atoms with van der Waals surface area (Å²) in [7, 11) is 1.64. The van der Waals surface area contributed by atoms with Gasteiger partial charge >= 0.3 is 0 Å². The molecule has 0 amide bonds. The van der Waals surface area contributed by atoms with Gasteiger partial charge in [0.15, 0.2) is 0 Å². The monoisotopic (exact) mass is 348 g/mol. The van der Waals surface area contributed by atoms with Crippen LogP contribution in [0.15, 0.2) is 84.9 Å². The Balaban J connectivity index is 1.89. The van der Waals surface area contributed by atoms with Gasteiger partial charge in [-0.25, -0.2) is 0 Å². The SMILES string of the molecule is COc1ccc(CC([C@H](O)c2ccccc2)[C@H](O)c2ccccc2)cc1. The zero-order valence-corrected chi connectivity index (χ0v) is 14.8. The lowest BCUT2D eigenvalue weighted by Crippen LogP contribution is -2.23. The van der Waals surface area contributed by atoms with Crippen LogP contribution in [-0.4, -0.2) is 17.3 Å². The summed E-state index contributed by atoms with van der Waals surface area (Å²) in [6, 6.07) is 26.8. The highest BCUT2D eigenvalue weighted by molar-refractivity contribution is 5.29. The molecule has 26 heavy (non-hydrogen) atoms. The highest BCUT2D eigenvalue weighted by Crippen LogP contribution is 2.35. The van der Waals surface area contributed by atoms with E-state index in [0.29, 0.717) is 6.42 Å². The molecule has 0 bridgehead atoms. The molecule has 134 valence electrons. The Hall–Kier alpha value is -2.62. The van der Waals surface area contributed by atoms with Crippen LogP contribution < -0.4 is 4.74 Å². The molecule has 0 heterocycles. The van der Waals surface area contributed by atoms with Gasteiger partial charge in [0.25, 0.3) is 0 Å². The van der Waals surface area contributed by atoms with Crippen molar-refractivity contribution in [1.82, 2.24) is 0 Å². The number of ether oxygens (including phenoxy) is 1. The van der Waals surface area contributed by atoms with Crippen molar-refractivity contribution in [1.29, 1.82) is 0 Å². The third kappa shape index (κ3) is 4.31. The van der Waals surface area contributed by atoms with Crippen LogP contribution in [-0.2, 0) is 6.42 Å². The molecule has 0 fully saturated rings. The minimum absolute atomic E-state index is 0.367. The largest absolute Gasteiger partial charge is 0.497 e. The topological polar surface area (TPSA) is 49.7 Å². The molecule has 0 unspecified atom stereocenters. The van der Waals surface area contributed by atoms with Gasteiger partial charge in [-0.15, -0.1) is 0 Å². The molecular weight excluding hydrogens is 324 g/mol. The third-order valence-corrected chi connectivity index (χ3v) is 4.72. The van der Waals surface area contributed by atoms with Gasteiger partial charge in [0, 0.05) is 5.92 Å². The van der Waals surface area contributed by atoms with Crippen molar-refractivity contribution in [2.75, 3.05) is 7.11 Å². The first-order valence-corrected chi connectivity index (χ1v) is 8.78. The number of aliphatic hydroxyl groups is 2. The summed E-state index contributed by atoms with van der Waals surface area (Å²) in [5.74, 6) is 0.422. The van der Waals surface area contributed by atoms with E-state index in [2.05, 4.69) is 0 Å². The van der Waals surface area contributed by atoms with Gasteiger partial charge in [0.2, 0.25) is 0 Å². The maximum Gasteiger partial charge on any atom is 0.118 e. The summed E-state index contributed by atoms with van der Waals surface area (Å²) in [5.41, 5.74) is 2.66. The summed E-state index contributed by atoms with van der Waals surface area (Å²) in [4.78, 5) is 0. The molecule has 3 aromatic rings. The molecule has 0 aliphatic rings. The molecule has 3 nitrogen and oxygen atoms in total. The smallest absolute Gasteiger partial charge is 0.118 e. The molecule has 0 aliphatic heterocycles. The van der Waals surface area contributed by atoms with Crippen molar-refractivity contribution in [3.8, 4) is 5.75 Å². The average Bonchev–Trinajstić information content (AvgIpc) is 2.73. The van der Waals surface area contributed by atoms with Gasteiger partial charge < -0.3 is 14.9 Å². The minimum atomic E-state index is -0.770. The predicted octanol–water partition coefficient (Wildman–Crippen LogP) is 4.32. The molecule has 3 heteroatoms. The first kappa shape index (κ1) is 18.2. The lowest BCUT2D eigenvalue weighted by Gasteiger charge is -2.28. The number of methoxy groups -OCH3 is 1. The average molecular weight is 348 g/mol. The molecule has 0 aromatic heterocycles. The highest BCUT2D eigenvalue weighted by Gasteiger charge is 2.29. The Bertz CT molecular complexity index is 739. The van der Waals surface area contributed by atoms with Crippen LogP contribution in [0.1, 0.15) is 28.9 Å². The van der Waals surface area contributed by atoms with E-state index in [1.807, 2.05) is 84.9 Å². The number of benzene rings is 3. The van der Waals surface area contributed by atoms with E-state index in [1.54, 1.807) is 7.11 Å². The molecular formula is C23H24O3. The van der Waals surface area contributed by atoms with Crippen LogP contribution in [0.5, 0.6) is 5.75 Å². The molecule has 0 saturated heterocycles. The molecule has 2 atom stereocenters. The summed E-state index contributed by atoms with van der Waals surface area (Å²) in [6.07, 6.45) is -0.988. The maximum absolute atomic E-state index is 11.0. The van der Waals surface area contributed by atoms with Gasteiger partial charge in [-0.1, -0.05) is 72.8 Å². The summed E-state index contributed by atoms with van der Waals surface area (Å²) < 4.78 is 5.21. The zero-order chi connectivity index (χ0) is 18.4. The molecule has 3 rings (SSSR count). The summed E-state index contributed by atoms with van der Waals surface area (Å²) in [5, 5.41) is 22.0. The predicted molar refractivity (Wildman–Crippen MR) is 103 cm³/mol. The summed E-state index contributed by atoms with van der Waals surface area (Å²) >= 11 is 0. The summed E-state index contributed by atoms with van der Waals surface area (Å²) in [6.45, 7) is 0. The van der Waals surface area contributed by atoms with Crippen molar-refractivity contribution in [3.63, 3.8) is 0 Å². The fourth-order valence-corrected chi connectivity index (χ4v) is 3.22. The van der Waals surface area contributed by atoms with Gasteiger partial charge in [-0.3, -0.25) is 0 Å². The van der Waals surface area contributed by atoms with Crippen molar-refractivity contribution >= 4 is 0 Å². The van der Waals surface area contributed by atoms with Gasteiger partial charge in [-0.05, 0) is 35.2 Å². The fraction of sp³-hybridized carbons (Fsp3) is 0.217. The van der Waals surface area contributed by atoms with Gasteiger partial charge in [0.1, 0.15) is 5.75 Å². The second-order valence-corrected chi connectivity index (χ2v) is 6.43. The zero-order valence-electron chi connectivity index (χ0n) is 14.8. The first-order valence-electron chi connectivity index (χ1n) is 8.78. The lowest BCUT2D eigenvalue weighted by atomic mass is 9.83. The fourth-order valence-electron chi connectivity index (χ4n) is 3.22. The van der Waals surface area contributed by atoms with Crippen molar-refractivity contribution in [2.45, 2.75) is 18.6 Å². The van der Waals surface area contributed by atoms with Crippen molar-refractivity contribution < 1.29 is 14.9 Å². The molecule has 3 aromatic carbocycles. The van der Waals surface area contributed by atoms with Crippen LogP contribution in [0.25, 0.3) is 0 Å². The van der Waals surface area contributed by atoms with Gasteiger partial charge in [0.05, 0.1) is 19.3 Å². The normalized spacial score (nSPS) is 13.4. The van der Waals surface area contributed by atoms with E-state index < -0.39 is 12.2 Å². The number of rotatable bonds is 7. The van der Waals surface area contributed by atoms with E-state index in [4.69, 9.17) is 4.74 Å². The second-order valence-electron chi connectivity index (χ2n) is 6.43. The second kappa shape index (κ2) is 8.65. The van der Waals surface area contributed by atoms with E-state index in [0.717, 1.165) is 22.4 Å². The molecule has 0 aliphatic carbocycles. The first-order chi connectivity index (χ1) is 12.7. The third-order valence-electron chi connectivity index (χ3n) is 4.72. The Kier molecular flexibility index (Phi) is 6.05. The number of hydrogen-bond donors (Lipinski definition) is 2. The quantitative estimate of drug-likeness (QED) is 0.668. The Labute approximate surface area is 154 Å². The van der Waals surface area contributed by atoms with Crippen molar-refractivity contribution in [2.24, 2.45) is 5.92 Å². The van der Waals surface area contributed by atoms with Crippen LogP contribution in [0, 0.1) is 5.92 Å².